The molecule has 1 nitrogen and oxygen atoms in total. The fraction of sp³-hybridized carbons (Fsp3) is 0. The van der Waals surface area contributed by atoms with Crippen LogP contribution in [-0.4, -0.2) is 0 Å². The molecule has 0 saturated carbocycles. The van der Waals surface area contributed by atoms with Crippen molar-refractivity contribution in [2.24, 2.45) is 0 Å². The summed E-state index contributed by atoms with van der Waals surface area (Å²) < 4.78 is 4.08. The van der Waals surface area contributed by atoms with Crippen molar-refractivity contribution in [1.29, 1.82) is 0 Å². The predicted octanol–water partition coefficient (Wildman–Crippen LogP) is 3.53. The first-order valence-corrected chi connectivity index (χ1v) is 11.2. The van der Waals surface area contributed by atoms with Gasteiger partial charge in [0.05, 0.1) is 0 Å². The minimum atomic E-state index is -2.29. The molecule has 0 fully saturated rings. The molecular weight excluding hydrogens is 341 g/mol. The third kappa shape index (κ3) is 2.85. The van der Waals surface area contributed by atoms with E-state index in [1.54, 1.807) is 0 Å². The van der Waals surface area contributed by atoms with Crippen molar-refractivity contribution in [2.75, 3.05) is 0 Å². The van der Waals surface area contributed by atoms with Crippen molar-refractivity contribution in [3.63, 3.8) is 0 Å². The normalized spacial score (nSPS) is 8.60. The Kier molecular flexibility index (Phi) is 3.45. The minimum absolute atomic E-state index is 0.890. The van der Waals surface area contributed by atoms with Crippen molar-refractivity contribution in [2.45, 2.75) is 0 Å². The fourth-order valence-corrected chi connectivity index (χ4v) is 2.88. The van der Waals surface area contributed by atoms with Gasteiger partial charge in [0.1, 0.15) is 0 Å². The van der Waals surface area contributed by atoms with Crippen LogP contribution in [-0.2, 0) is 14.9 Å². The number of halogens is 2. The van der Waals surface area contributed by atoms with E-state index in [2.05, 4.69) is 3.31 Å². The standard InChI is InChI=1S/C6H5N.2ClH.W/c7-6-4-2-1-3-5-6;;;/h1-5H;2*1H;/q+1;;;+2/p-2. The van der Waals surface area contributed by atoms with Gasteiger partial charge in [-0.1, -0.05) is 0 Å². The maximum atomic E-state index is 5.61. The summed E-state index contributed by atoms with van der Waals surface area (Å²) in [5, 5.41) is 0. The van der Waals surface area contributed by atoms with Gasteiger partial charge in [-0.2, -0.15) is 0 Å². The average Bonchev–Trinajstić information content (AvgIpc) is 1.88. The van der Waals surface area contributed by atoms with Crippen LogP contribution >= 0.6 is 18.8 Å². The number of benzene rings is 1. The monoisotopic (exact) mass is 345 g/mol. The van der Waals surface area contributed by atoms with E-state index in [9.17, 15) is 0 Å². The number of hydrogen-bond donors (Lipinski definition) is 0. The van der Waals surface area contributed by atoms with Crippen LogP contribution in [0.2, 0.25) is 0 Å². The molecule has 1 aromatic carbocycles. The summed E-state index contributed by atoms with van der Waals surface area (Å²) in [6.07, 6.45) is 0. The number of rotatable bonds is 0. The van der Waals surface area contributed by atoms with Crippen LogP contribution in [0.3, 0.4) is 0 Å². The van der Waals surface area contributed by atoms with E-state index in [-0.39, 0.29) is 0 Å². The van der Waals surface area contributed by atoms with E-state index in [1.807, 2.05) is 30.3 Å². The second kappa shape index (κ2) is 4.15. The zero-order chi connectivity index (χ0) is 7.40. The molecule has 53 valence electrons. The quantitative estimate of drug-likeness (QED) is 0.677. The Morgan fingerprint density at radius 3 is 2.20 bits per heavy atom. The zero-order valence-corrected chi connectivity index (χ0v) is 9.44. The zero-order valence-electron chi connectivity index (χ0n) is 5.00. The van der Waals surface area contributed by atoms with Gasteiger partial charge in [0, 0.05) is 0 Å². The molecule has 0 atom stereocenters. The molecular formula is C6H5Cl2NW+. The van der Waals surface area contributed by atoms with Crippen molar-refractivity contribution < 1.29 is 14.9 Å². The molecule has 0 saturated heterocycles. The molecule has 0 aliphatic rings. The summed E-state index contributed by atoms with van der Waals surface area (Å²) in [7, 11) is 11.2. The molecule has 0 aromatic heterocycles. The van der Waals surface area contributed by atoms with Crippen molar-refractivity contribution in [3.05, 3.63) is 33.6 Å². The number of nitrogens with zero attached hydrogens (tertiary/aromatic N) is 1. The van der Waals surface area contributed by atoms with Gasteiger partial charge < -0.3 is 0 Å². The molecule has 0 heterocycles. The summed E-state index contributed by atoms with van der Waals surface area (Å²) in [5.41, 5.74) is 0.890. The van der Waals surface area contributed by atoms with E-state index in [0.29, 0.717) is 0 Å². The summed E-state index contributed by atoms with van der Waals surface area (Å²) in [4.78, 5) is 0. The molecule has 0 unspecified atom stereocenters. The van der Waals surface area contributed by atoms with Gasteiger partial charge in [0.2, 0.25) is 0 Å². The van der Waals surface area contributed by atoms with Crippen LogP contribution in [0, 0.1) is 0 Å². The Balaban J connectivity index is 2.98. The molecule has 0 radical (unpaired) electrons. The van der Waals surface area contributed by atoms with Gasteiger partial charge >= 0.3 is 73.0 Å². The second-order valence-corrected chi connectivity index (χ2v) is 9.77. The maximum absolute atomic E-state index is 5.61. The van der Waals surface area contributed by atoms with Crippen LogP contribution in [0.4, 0.5) is 5.69 Å². The van der Waals surface area contributed by atoms with E-state index in [4.69, 9.17) is 18.8 Å². The Bertz CT molecular complexity index is 279. The van der Waals surface area contributed by atoms with Crippen LogP contribution in [0.15, 0.2) is 30.3 Å². The molecule has 1 rings (SSSR count). The number of hydrogen-bond acceptors (Lipinski definition) is 0. The molecule has 0 N–H and O–H groups in total. The first-order valence-electron chi connectivity index (χ1n) is 2.63. The van der Waals surface area contributed by atoms with Gasteiger partial charge in [0.25, 0.3) is 0 Å². The van der Waals surface area contributed by atoms with Crippen molar-refractivity contribution >= 4 is 24.5 Å². The SMILES string of the molecule is [Cl][W]([Cl])#[N+]c1ccccc1. The van der Waals surface area contributed by atoms with E-state index < -0.39 is 14.9 Å². The predicted molar refractivity (Wildman–Crippen MR) is 41.2 cm³/mol. The van der Waals surface area contributed by atoms with Gasteiger partial charge in [0.15, 0.2) is 0 Å². The Morgan fingerprint density at radius 2 is 1.70 bits per heavy atom. The van der Waals surface area contributed by atoms with Gasteiger partial charge in [-0.3, -0.25) is 0 Å². The molecule has 0 amide bonds. The van der Waals surface area contributed by atoms with Crippen LogP contribution < -0.4 is 0 Å². The Labute approximate surface area is 72.9 Å². The molecule has 0 aliphatic heterocycles. The van der Waals surface area contributed by atoms with Crippen molar-refractivity contribution in [3.8, 4) is 0 Å². The summed E-state index contributed by atoms with van der Waals surface area (Å²) in [6, 6.07) is 9.55. The molecule has 10 heavy (non-hydrogen) atoms. The third-order valence-corrected chi connectivity index (χ3v) is 3.31. The Hall–Kier alpha value is 0.198. The molecule has 1 aromatic rings. The van der Waals surface area contributed by atoms with Gasteiger partial charge in [-0.25, -0.2) is 0 Å². The first-order chi connectivity index (χ1) is 4.79. The van der Waals surface area contributed by atoms with Crippen LogP contribution in [0.1, 0.15) is 0 Å². The Morgan fingerprint density at radius 1 is 1.10 bits per heavy atom. The summed E-state index contributed by atoms with van der Waals surface area (Å²) in [5.74, 6) is 0. The third-order valence-electron chi connectivity index (χ3n) is 0.931. The topological polar surface area (TPSA) is 4.36 Å². The first kappa shape index (κ1) is 8.30. The van der Waals surface area contributed by atoms with E-state index >= 15 is 0 Å². The second-order valence-electron chi connectivity index (χ2n) is 1.62. The molecule has 4 heteroatoms. The molecule has 0 bridgehead atoms. The van der Waals surface area contributed by atoms with Crippen LogP contribution in [0.25, 0.3) is 3.31 Å². The summed E-state index contributed by atoms with van der Waals surface area (Å²) >= 11 is -2.29. The average molecular weight is 346 g/mol. The van der Waals surface area contributed by atoms with E-state index in [0.717, 1.165) is 5.69 Å². The molecule has 0 spiro atoms. The van der Waals surface area contributed by atoms with Crippen LogP contribution in [0.5, 0.6) is 0 Å². The van der Waals surface area contributed by atoms with Crippen molar-refractivity contribution in [1.82, 2.24) is 0 Å². The summed E-state index contributed by atoms with van der Waals surface area (Å²) in [6.45, 7) is 0. The van der Waals surface area contributed by atoms with Gasteiger partial charge in [-0.15, -0.1) is 0 Å². The van der Waals surface area contributed by atoms with Gasteiger partial charge in [-0.05, 0) is 0 Å². The molecule has 0 aliphatic carbocycles. The fourth-order valence-electron chi connectivity index (χ4n) is 0.569. The van der Waals surface area contributed by atoms with E-state index in [1.165, 1.54) is 0 Å².